The van der Waals surface area contributed by atoms with Crippen LogP contribution in [0.3, 0.4) is 0 Å². The average molecular weight is 263 g/mol. The lowest BCUT2D eigenvalue weighted by Gasteiger charge is -2.18. The van der Waals surface area contributed by atoms with Gasteiger partial charge in [-0.05, 0) is 18.2 Å². The highest BCUT2D eigenvalue weighted by Gasteiger charge is 2.15. The minimum Gasteiger partial charge on any atom is -0.486 e. The third-order valence-electron chi connectivity index (χ3n) is 2.51. The van der Waals surface area contributed by atoms with Crippen LogP contribution in [-0.2, 0) is 0 Å². The smallest absolute Gasteiger partial charge is 0.355 e. The summed E-state index contributed by atoms with van der Waals surface area (Å²) in [5.74, 6) is 0.362. The Morgan fingerprint density at radius 1 is 1.28 bits per heavy atom. The van der Waals surface area contributed by atoms with E-state index in [0.717, 1.165) is 5.56 Å². The molecule has 0 saturated carbocycles. The Hall–Kier alpha value is -2.08. The molecule has 0 saturated heterocycles. The second kappa shape index (κ2) is 4.30. The summed E-state index contributed by atoms with van der Waals surface area (Å²) in [6, 6.07) is 5.47. The van der Waals surface area contributed by atoms with Crippen molar-refractivity contribution < 1.29 is 19.4 Å². The summed E-state index contributed by atoms with van der Waals surface area (Å²) in [5.41, 5.74) is 0.890. The number of hydrogen-bond acceptors (Lipinski definition) is 5. The highest BCUT2D eigenvalue weighted by Crippen LogP contribution is 2.35. The number of thiazole rings is 1. The molecule has 6 heteroatoms. The second-order valence-electron chi connectivity index (χ2n) is 3.70. The molecular weight excluding hydrogens is 254 g/mol. The molecule has 0 aliphatic carbocycles. The van der Waals surface area contributed by atoms with Gasteiger partial charge in [0.1, 0.15) is 18.2 Å². The average Bonchev–Trinajstić information content (AvgIpc) is 2.88. The summed E-state index contributed by atoms with van der Waals surface area (Å²) < 4.78 is 10.9. The van der Waals surface area contributed by atoms with Crippen LogP contribution in [0.2, 0.25) is 0 Å². The molecule has 2 heterocycles. The predicted molar refractivity (Wildman–Crippen MR) is 65.5 cm³/mol. The Kier molecular flexibility index (Phi) is 2.64. The van der Waals surface area contributed by atoms with E-state index in [1.807, 2.05) is 18.2 Å². The zero-order valence-corrected chi connectivity index (χ0v) is 10.1. The van der Waals surface area contributed by atoms with Crippen LogP contribution in [0.4, 0.5) is 0 Å². The zero-order chi connectivity index (χ0) is 12.5. The van der Waals surface area contributed by atoms with Gasteiger partial charge in [0.15, 0.2) is 17.2 Å². The number of benzene rings is 1. The van der Waals surface area contributed by atoms with Crippen LogP contribution in [0.1, 0.15) is 10.5 Å². The molecule has 1 aromatic carbocycles. The Bertz CT molecular complexity index is 608. The van der Waals surface area contributed by atoms with Crippen LogP contribution in [0.25, 0.3) is 10.6 Å². The maximum absolute atomic E-state index is 10.8. The summed E-state index contributed by atoms with van der Waals surface area (Å²) in [6.07, 6.45) is 0. The summed E-state index contributed by atoms with van der Waals surface area (Å²) in [6.45, 7) is 1.07. The molecule has 0 atom stereocenters. The van der Waals surface area contributed by atoms with Gasteiger partial charge >= 0.3 is 5.97 Å². The topological polar surface area (TPSA) is 68.7 Å². The number of carboxylic acids is 1. The highest BCUT2D eigenvalue weighted by atomic mass is 32.1. The van der Waals surface area contributed by atoms with Gasteiger partial charge in [-0.1, -0.05) is 0 Å². The molecule has 0 spiro atoms. The van der Waals surface area contributed by atoms with Gasteiger partial charge in [-0.2, -0.15) is 0 Å². The molecule has 2 aromatic rings. The third-order valence-corrected chi connectivity index (χ3v) is 3.40. The van der Waals surface area contributed by atoms with Crippen LogP contribution in [-0.4, -0.2) is 29.3 Å². The molecule has 18 heavy (non-hydrogen) atoms. The van der Waals surface area contributed by atoms with E-state index in [0.29, 0.717) is 29.7 Å². The van der Waals surface area contributed by atoms with Crippen molar-refractivity contribution in [3.05, 3.63) is 29.3 Å². The van der Waals surface area contributed by atoms with E-state index in [9.17, 15) is 4.79 Å². The monoisotopic (exact) mass is 263 g/mol. The van der Waals surface area contributed by atoms with Crippen molar-refractivity contribution in [2.24, 2.45) is 0 Å². The van der Waals surface area contributed by atoms with E-state index >= 15 is 0 Å². The fourth-order valence-corrected chi connectivity index (χ4v) is 2.47. The van der Waals surface area contributed by atoms with E-state index in [-0.39, 0.29) is 5.69 Å². The normalized spacial score (nSPS) is 13.3. The maximum atomic E-state index is 10.8. The molecule has 5 nitrogen and oxygen atoms in total. The summed E-state index contributed by atoms with van der Waals surface area (Å²) >= 11 is 1.29. The Balaban J connectivity index is 1.98. The van der Waals surface area contributed by atoms with Crippen molar-refractivity contribution in [2.45, 2.75) is 0 Å². The number of ether oxygens (including phenoxy) is 2. The van der Waals surface area contributed by atoms with Crippen molar-refractivity contribution in [1.82, 2.24) is 4.98 Å². The van der Waals surface area contributed by atoms with Gasteiger partial charge in [0.25, 0.3) is 0 Å². The quantitative estimate of drug-likeness (QED) is 0.900. The molecule has 0 unspecified atom stereocenters. The first-order chi connectivity index (χ1) is 8.74. The van der Waals surface area contributed by atoms with E-state index < -0.39 is 5.97 Å². The van der Waals surface area contributed by atoms with Crippen molar-refractivity contribution >= 4 is 17.3 Å². The lowest BCUT2D eigenvalue weighted by molar-refractivity contribution is 0.0691. The van der Waals surface area contributed by atoms with Crippen LogP contribution < -0.4 is 9.47 Å². The molecule has 92 valence electrons. The summed E-state index contributed by atoms with van der Waals surface area (Å²) in [7, 11) is 0. The van der Waals surface area contributed by atoms with Crippen molar-refractivity contribution in [2.75, 3.05) is 13.2 Å². The SMILES string of the molecule is O=C(O)c1csc(-c2ccc3c(c2)OCCO3)n1. The fourth-order valence-electron chi connectivity index (χ4n) is 1.68. The van der Waals surface area contributed by atoms with E-state index in [2.05, 4.69) is 4.98 Å². The van der Waals surface area contributed by atoms with Crippen LogP contribution in [0.15, 0.2) is 23.6 Å². The Labute approximate surface area is 107 Å². The maximum Gasteiger partial charge on any atom is 0.355 e. The first-order valence-corrected chi connectivity index (χ1v) is 6.21. The second-order valence-corrected chi connectivity index (χ2v) is 4.56. The number of carboxylic acid groups (broad SMARTS) is 1. The minimum absolute atomic E-state index is 0.0601. The van der Waals surface area contributed by atoms with Gasteiger partial charge in [-0.3, -0.25) is 0 Å². The fraction of sp³-hybridized carbons (Fsp3) is 0.167. The highest BCUT2D eigenvalue weighted by molar-refractivity contribution is 7.13. The lowest BCUT2D eigenvalue weighted by atomic mass is 10.2. The van der Waals surface area contributed by atoms with Crippen LogP contribution in [0, 0.1) is 0 Å². The molecule has 1 aromatic heterocycles. The number of rotatable bonds is 2. The molecule has 0 fully saturated rings. The third kappa shape index (κ3) is 1.91. The van der Waals surface area contributed by atoms with Gasteiger partial charge in [0.05, 0.1) is 0 Å². The number of fused-ring (bicyclic) bond motifs is 1. The molecule has 0 radical (unpaired) electrons. The number of aromatic carboxylic acids is 1. The summed E-state index contributed by atoms with van der Waals surface area (Å²) in [4.78, 5) is 14.8. The zero-order valence-electron chi connectivity index (χ0n) is 9.25. The predicted octanol–water partition coefficient (Wildman–Crippen LogP) is 2.28. The van der Waals surface area contributed by atoms with Gasteiger partial charge in [-0.15, -0.1) is 11.3 Å². The molecule has 0 amide bonds. The van der Waals surface area contributed by atoms with Gasteiger partial charge in [-0.25, -0.2) is 9.78 Å². The minimum atomic E-state index is -1.02. The van der Waals surface area contributed by atoms with E-state index in [1.54, 1.807) is 0 Å². The Morgan fingerprint density at radius 2 is 2.06 bits per heavy atom. The molecule has 1 aliphatic heterocycles. The number of aromatic nitrogens is 1. The van der Waals surface area contributed by atoms with E-state index in [4.69, 9.17) is 14.6 Å². The molecule has 1 N–H and O–H groups in total. The summed E-state index contributed by atoms with van der Waals surface area (Å²) in [5, 5.41) is 11.0. The van der Waals surface area contributed by atoms with Crippen LogP contribution >= 0.6 is 11.3 Å². The first kappa shape index (κ1) is 11.0. The number of nitrogens with zero attached hydrogens (tertiary/aromatic N) is 1. The van der Waals surface area contributed by atoms with E-state index in [1.165, 1.54) is 16.7 Å². The number of carbonyl (C=O) groups is 1. The standard InChI is InChI=1S/C12H9NO4S/c14-12(15)8-6-18-11(13-8)7-1-2-9-10(5-7)17-4-3-16-9/h1-2,5-6H,3-4H2,(H,14,15). The number of hydrogen-bond donors (Lipinski definition) is 1. The van der Waals surface area contributed by atoms with Crippen molar-refractivity contribution in [1.29, 1.82) is 0 Å². The lowest BCUT2D eigenvalue weighted by Crippen LogP contribution is -2.15. The van der Waals surface area contributed by atoms with Crippen molar-refractivity contribution in [3.8, 4) is 22.1 Å². The molecule has 1 aliphatic rings. The van der Waals surface area contributed by atoms with Gasteiger partial charge in [0, 0.05) is 10.9 Å². The van der Waals surface area contributed by atoms with Gasteiger partial charge < -0.3 is 14.6 Å². The molecule has 0 bridgehead atoms. The van der Waals surface area contributed by atoms with Crippen LogP contribution in [0.5, 0.6) is 11.5 Å². The molecular formula is C12H9NO4S. The first-order valence-electron chi connectivity index (χ1n) is 5.33. The Morgan fingerprint density at radius 3 is 2.78 bits per heavy atom. The largest absolute Gasteiger partial charge is 0.486 e. The van der Waals surface area contributed by atoms with Crippen molar-refractivity contribution in [3.63, 3.8) is 0 Å². The van der Waals surface area contributed by atoms with Gasteiger partial charge in [0.2, 0.25) is 0 Å². The molecule has 3 rings (SSSR count).